The van der Waals surface area contributed by atoms with Crippen molar-refractivity contribution in [3.05, 3.63) is 54.1 Å². The second-order valence-corrected chi connectivity index (χ2v) is 9.81. The Kier molecular flexibility index (Phi) is 6.48. The molecule has 2 rings (SSSR count). The van der Waals surface area contributed by atoms with Crippen LogP contribution in [0.25, 0.3) is 0 Å². The largest absolute Gasteiger partial charge is 0.280 e. The van der Waals surface area contributed by atoms with Crippen molar-refractivity contribution in [2.24, 2.45) is 0 Å². The first-order valence-corrected chi connectivity index (χ1v) is 11.5. The molecule has 0 heterocycles. The van der Waals surface area contributed by atoms with Crippen molar-refractivity contribution in [1.29, 1.82) is 0 Å². The zero-order chi connectivity index (χ0) is 18.5. The number of benzene rings is 2. The molecule has 0 bridgehead atoms. The Labute approximate surface area is 154 Å². The van der Waals surface area contributed by atoms with Gasteiger partial charge in [0.1, 0.15) is 0 Å². The Hall–Kier alpha value is -1.57. The van der Waals surface area contributed by atoms with E-state index in [9.17, 15) is 16.8 Å². The Balaban J connectivity index is 2.15. The van der Waals surface area contributed by atoms with Crippen molar-refractivity contribution in [2.45, 2.75) is 29.6 Å². The molecule has 25 heavy (non-hydrogen) atoms. The first-order chi connectivity index (χ1) is 11.8. The average Bonchev–Trinajstić information content (AvgIpc) is 2.60. The van der Waals surface area contributed by atoms with Crippen LogP contribution in [0.4, 0.5) is 5.69 Å². The number of hydrogen-bond donors (Lipinski definition) is 1. The average molecular weight is 402 g/mol. The van der Waals surface area contributed by atoms with Crippen LogP contribution in [0.3, 0.4) is 0 Å². The minimum atomic E-state index is -3.73. The highest BCUT2D eigenvalue weighted by atomic mass is 35.5. The third kappa shape index (κ3) is 5.20. The van der Waals surface area contributed by atoms with Gasteiger partial charge < -0.3 is 0 Å². The molecule has 0 unspecified atom stereocenters. The molecule has 0 amide bonds. The quantitative estimate of drug-likeness (QED) is 0.687. The maximum absolute atomic E-state index is 12.4. The second-order valence-electron chi connectivity index (χ2n) is 5.47. The van der Waals surface area contributed by atoms with Gasteiger partial charge in [-0.15, -0.1) is 11.6 Å². The summed E-state index contributed by atoms with van der Waals surface area (Å²) in [7, 11) is -7.04. The molecule has 0 spiro atoms. The molecule has 136 valence electrons. The van der Waals surface area contributed by atoms with Gasteiger partial charge >= 0.3 is 0 Å². The molecule has 0 radical (unpaired) electrons. The van der Waals surface area contributed by atoms with E-state index in [0.29, 0.717) is 11.6 Å². The number of alkyl halides is 1. The molecule has 2 aromatic carbocycles. The zero-order valence-corrected chi connectivity index (χ0v) is 16.2. The lowest BCUT2D eigenvalue weighted by molar-refractivity contribution is 0.597. The normalized spacial score (nSPS) is 12.1. The number of aryl methyl sites for hydroxylation is 1. The summed E-state index contributed by atoms with van der Waals surface area (Å²) in [4.78, 5) is 0.314. The smallest absolute Gasteiger partial charge is 0.261 e. The van der Waals surface area contributed by atoms with Crippen LogP contribution in [-0.2, 0) is 26.3 Å². The minimum Gasteiger partial charge on any atom is -0.280 e. The molecule has 0 fully saturated rings. The molecule has 0 saturated carbocycles. The number of hydrogen-bond acceptors (Lipinski definition) is 4. The number of nitrogens with one attached hydrogen (secondary N) is 1. The number of halogens is 1. The molecule has 2 aromatic rings. The summed E-state index contributed by atoms with van der Waals surface area (Å²) in [5.74, 6) is 0.555. The minimum absolute atomic E-state index is 0.00581. The molecule has 8 heteroatoms. The Morgan fingerprint density at radius 2 is 1.44 bits per heavy atom. The maximum atomic E-state index is 12.4. The van der Waals surface area contributed by atoms with Gasteiger partial charge in [-0.25, -0.2) is 16.8 Å². The van der Waals surface area contributed by atoms with Crippen LogP contribution in [-0.4, -0.2) is 28.5 Å². The fourth-order valence-corrected chi connectivity index (χ4v) is 4.29. The van der Waals surface area contributed by atoms with Crippen molar-refractivity contribution < 1.29 is 16.8 Å². The Morgan fingerprint density at radius 3 is 1.96 bits per heavy atom. The van der Waals surface area contributed by atoms with Crippen LogP contribution in [0.5, 0.6) is 0 Å². The van der Waals surface area contributed by atoms with Gasteiger partial charge in [-0.05, 0) is 54.8 Å². The summed E-state index contributed by atoms with van der Waals surface area (Å²) < 4.78 is 50.8. The molecular weight excluding hydrogens is 382 g/mol. The number of rotatable bonds is 8. The van der Waals surface area contributed by atoms with E-state index in [2.05, 4.69) is 4.72 Å². The fraction of sp³-hybridized carbons (Fsp3) is 0.294. The van der Waals surface area contributed by atoms with Crippen molar-refractivity contribution >= 4 is 37.1 Å². The highest BCUT2D eigenvalue weighted by molar-refractivity contribution is 7.92. The first-order valence-electron chi connectivity index (χ1n) is 7.79. The monoisotopic (exact) mass is 401 g/mol. The molecule has 5 nitrogen and oxygen atoms in total. The topological polar surface area (TPSA) is 80.3 Å². The highest BCUT2D eigenvalue weighted by Gasteiger charge is 2.15. The Bertz CT molecular complexity index is 906. The van der Waals surface area contributed by atoms with Crippen molar-refractivity contribution in [3.63, 3.8) is 0 Å². The predicted molar refractivity (Wildman–Crippen MR) is 100 cm³/mol. The van der Waals surface area contributed by atoms with Crippen LogP contribution < -0.4 is 4.72 Å². The molecule has 0 aliphatic rings. The lowest BCUT2D eigenvalue weighted by Gasteiger charge is -2.09. The van der Waals surface area contributed by atoms with E-state index >= 15 is 0 Å². The molecule has 0 aliphatic carbocycles. The van der Waals surface area contributed by atoms with Crippen molar-refractivity contribution in [1.82, 2.24) is 0 Å². The second kappa shape index (κ2) is 8.21. The molecular formula is C17H20ClNO4S2. The third-order valence-corrected chi connectivity index (χ3v) is 7.09. The van der Waals surface area contributed by atoms with Gasteiger partial charge in [0.05, 0.1) is 15.5 Å². The van der Waals surface area contributed by atoms with Gasteiger partial charge in [-0.3, -0.25) is 4.72 Å². The van der Waals surface area contributed by atoms with E-state index in [4.69, 9.17) is 11.6 Å². The van der Waals surface area contributed by atoms with E-state index in [1.165, 1.54) is 24.3 Å². The van der Waals surface area contributed by atoms with E-state index in [-0.39, 0.29) is 15.5 Å². The van der Waals surface area contributed by atoms with Crippen molar-refractivity contribution in [2.75, 3.05) is 16.4 Å². The predicted octanol–water partition coefficient (Wildman–Crippen LogP) is 3.45. The van der Waals surface area contributed by atoms with Crippen LogP contribution in [0, 0.1) is 0 Å². The molecule has 1 N–H and O–H groups in total. The third-order valence-electron chi connectivity index (χ3n) is 3.68. The molecule has 0 atom stereocenters. The number of sulfonamides is 1. The zero-order valence-electron chi connectivity index (χ0n) is 13.8. The summed E-state index contributed by atoms with van der Waals surface area (Å²) in [6.07, 6.45) is 1.63. The van der Waals surface area contributed by atoms with Crippen LogP contribution in [0.1, 0.15) is 18.9 Å². The fourth-order valence-electron chi connectivity index (χ4n) is 2.22. The lowest BCUT2D eigenvalue weighted by atomic mass is 10.1. The molecule has 0 saturated heterocycles. The van der Waals surface area contributed by atoms with Gasteiger partial charge in [0, 0.05) is 11.6 Å². The van der Waals surface area contributed by atoms with Crippen LogP contribution in [0.2, 0.25) is 0 Å². The van der Waals surface area contributed by atoms with E-state index in [1.54, 1.807) is 31.2 Å². The van der Waals surface area contributed by atoms with Gasteiger partial charge in [-0.2, -0.15) is 0 Å². The SMILES string of the molecule is CCS(=O)(=O)c1ccc(NS(=O)(=O)c2ccc(CCCCl)cc2)cc1. The van der Waals surface area contributed by atoms with Crippen LogP contribution in [0.15, 0.2) is 58.3 Å². The number of sulfone groups is 1. The lowest BCUT2D eigenvalue weighted by Crippen LogP contribution is -2.13. The summed E-state index contributed by atoms with van der Waals surface area (Å²) >= 11 is 5.65. The van der Waals surface area contributed by atoms with Gasteiger partial charge in [-0.1, -0.05) is 19.1 Å². The van der Waals surface area contributed by atoms with Gasteiger partial charge in [0.15, 0.2) is 9.84 Å². The van der Waals surface area contributed by atoms with Gasteiger partial charge in [0.2, 0.25) is 0 Å². The maximum Gasteiger partial charge on any atom is 0.261 e. The van der Waals surface area contributed by atoms with E-state index < -0.39 is 19.9 Å². The van der Waals surface area contributed by atoms with Gasteiger partial charge in [0.25, 0.3) is 10.0 Å². The van der Waals surface area contributed by atoms with E-state index in [1.807, 2.05) is 0 Å². The standard InChI is InChI=1S/C17H20ClNO4S2/c1-2-24(20,21)16-11-7-15(8-12-16)19-25(22,23)17-9-5-14(6-10-17)4-3-13-18/h5-12,19H,2-4,13H2,1H3. The van der Waals surface area contributed by atoms with Crippen LogP contribution >= 0.6 is 11.6 Å². The highest BCUT2D eigenvalue weighted by Crippen LogP contribution is 2.20. The summed E-state index contributed by atoms with van der Waals surface area (Å²) in [6.45, 7) is 1.56. The number of anilines is 1. The first kappa shape index (κ1) is 19.8. The van der Waals surface area contributed by atoms with Crippen molar-refractivity contribution in [3.8, 4) is 0 Å². The summed E-state index contributed by atoms with van der Waals surface area (Å²) in [5.41, 5.74) is 1.33. The van der Waals surface area contributed by atoms with E-state index in [0.717, 1.165) is 18.4 Å². The Morgan fingerprint density at radius 1 is 0.880 bits per heavy atom. The molecule has 0 aliphatic heterocycles. The summed E-state index contributed by atoms with van der Waals surface area (Å²) in [5, 5.41) is 0. The molecule has 0 aromatic heterocycles. The summed E-state index contributed by atoms with van der Waals surface area (Å²) in [6, 6.07) is 12.3.